The summed E-state index contributed by atoms with van der Waals surface area (Å²) in [6.45, 7) is 8.03. The van der Waals surface area contributed by atoms with E-state index in [1.807, 2.05) is 19.9 Å². The molecule has 3 heteroatoms. The smallest absolute Gasteiger partial charge is 0.0934 e. The molecule has 1 N–H and O–H groups in total. The highest BCUT2D eigenvalue weighted by Crippen LogP contribution is 2.10. The number of para-hydroxylation sites is 1. The van der Waals surface area contributed by atoms with Crippen LogP contribution in [0.4, 0.5) is 5.69 Å². The molecule has 1 aromatic rings. The topological polar surface area (TPSA) is 27.6 Å². The van der Waals surface area contributed by atoms with Crippen molar-refractivity contribution in [3.8, 4) is 0 Å². The molecular weight excluding hydrogens is 210 g/mol. The fourth-order valence-corrected chi connectivity index (χ4v) is 1.88. The van der Waals surface area contributed by atoms with Gasteiger partial charge in [0.1, 0.15) is 0 Å². The van der Waals surface area contributed by atoms with Crippen LogP contribution in [0.1, 0.15) is 20.8 Å². The third kappa shape index (κ3) is 4.89. The molecule has 0 aliphatic heterocycles. The predicted octanol–water partition coefficient (Wildman–Crippen LogP) is 2.54. The number of hydrogen-bond donors (Lipinski definition) is 1. The Morgan fingerprint density at radius 1 is 1.35 bits per heavy atom. The number of nitrogens with zero attached hydrogens (tertiary/aromatic N) is 2. The van der Waals surface area contributed by atoms with Crippen molar-refractivity contribution in [1.29, 1.82) is 0 Å². The molecule has 0 saturated carbocycles. The van der Waals surface area contributed by atoms with E-state index in [1.54, 1.807) is 0 Å². The zero-order chi connectivity index (χ0) is 12.7. The summed E-state index contributed by atoms with van der Waals surface area (Å²) < 4.78 is 0. The Kier molecular flexibility index (Phi) is 5.53. The zero-order valence-electron chi connectivity index (χ0n) is 11.3. The normalized spacial score (nSPS) is 13.3. The largest absolute Gasteiger partial charge is 0.373 e. The highest BCUT2D eigenvalue weighted by atomic mass is 15.1. The van der Waals surface area contributed by atoms with Gasteiger partial charge in [0.2, 0.25) is 0 Å². The third-order valence-corrected chi connectivity index (χ3v) is 2.60. The first-order valence-electron chi connectivity index (χ1n) is 6.17. The van der Waals surface area contributed by atoms with Crippen LogP contribution in [0.3, 0.4) is 0 Å². The molecule has 0 bridgehead atoms. The fourth-order valence-electron chi connectivity index (χ4n) is 1.88. The van der Waals surface area contributed by atoms with E-state index in [1.165, 1.54) is 5.69 Å². The first-order valence-corrected chi connectivity index (χ1v) is 6.17. The van der Waals surface area contributed by atoms with Crippen molar-refractivity contribution in [2.45, 2.75) is 26.8 Å². The molecular formula is C14H23N3. The molecule has 1 atom stereocenters. The number of benzene rings is 1. The Bertz CT molecular complexity index is 346. The summed E-state index contributed by atoms with van der Waals surface area (Å²) >= 11 is 0. The van der Waals surface area contributed by atoms with Crippen LogP contribution < -0.4 is 10.2 Å². The zero-order valence-corrected chi connectivity index (χ0v) is 11.3. The number of nitrogens with one attached hydrogen (secondary N) is 1. The highest BCUT2D eigenvalue weighted by Gasteiger charge is 2.06. The molecule has 94 valence electrons. The highest BCUT2D eigenvalue weighted by molar-refractivity contribution is 5.79. The Balaban J connectivity index is 2.46. The minimum Gasteiger partial charge on any atom is -0.373 e. The predicted molar refractivity (Wildman–Crippen MR) is 76.0 cm³/mol. The molecule has 0 amide bonds. The molecule has 0 aromatic heterocycles. The van der Waals surface area contributed by atoms with Crippen LogP contribution in [0, 0.1) is 0 Å². The second-order valence-corrected chi connectivity index (χ2v) is 4.32. The number of anilines is 1. The van der Waals surface area contributed by atoms with Crippen LogP contribution in [0.5, 0.6) is 0 Å². The lowest BCUT2D eigenvalue weighted by Crippen LogP contribution is -2.39. The van der Waals surface area contributed by atoms with Crippen molar-refractivity contribution in [3.63, 3.8) is 0 Å². The average Bonchev–Trinajstić information content (AvgIpc) is 2.30. The van der Waals surface area contributed by atoms with Crippen molar-refractivity contribution in [2.75, 3.05) is 25.0 Å². The van der Waals surface area contributed by atoms with E-state index in [9.17, 15) is 0 Å². The van der Waals surface area contributed by atoms with Crippen LogP contribution in [-0.2, 0) is 0 Å². The quantitative estimate of drug-likeness (QED) is 0.625. The van der Waals surface area contributed by atoms with Gasteiger partial charge in [-0.25, -0.2) is 0 Å². The van der Waals surface area contributed by atoms with Crippen molar-refractivity contribution < 1.29 is 0 Å². The van der Waals surface area contributed by atoms with Crippen LogP contribution in [-0.4, -0.2) is 32.0 Å². The van der Waals surface area contributed by atoms with E-state index in [4.69, 9.17) is 0 Å². The van der Waals surface area contributed by atoms with Crippen LogP contribution in [0.2, 0.25) is 0 Å². The lowest BCUT2D eigenvalue weighted by Gasteiger charge is -2.24. The third-order valence-electron chi connectivity index (χ3n) is 2.60. The Hall–Kier alpha value is -1.51. The van der Waals surface area contributed by atoms with Crippen LogP contribution >= 0.6 is 0 Å². The molecule has 0 aliphatic carbocycles. The molecule has 0 fully saturated rings. The van der Waals surface area contributed by atoms with Crippen LogP contribution in [0.15, 0.2) is 35.3 Å². The van der Waals surface area contributed by atoms with Gasteiger partial charge in [-0.15, -0.1) is 0 Å². The molecule has 0 radical (unpaired) electrons. The summed E-state index contributed by atoms with van der Waals surface area (Å²) in [7, 11) is 2.11. The summed E-state index contributed by atoms with van der Waals surface area (Å²) in [6.07, 6.45) is 0. The first kappa shape index (κ1) is 13.6. The van der Waals surface area contributed by atoms with Gasteiger partial charge in [0.15, 0.2) is 0 Å². The van der Waals surface area contributed by atoms with Gasteiger partial charge >= 0.3 is 0 Å². The second-order valence-electron chi connectivity index (χ2n) is 4.32. The van der Waals surface area contributed by atoms with E-state index in [0.29, 0.717) is 6.04 Å². The van der Waals surface area contributed by atoms with Gasteiger partial charge in [-0.1, -0.05) is 18.2 Å². The minimum absolute atomic E-state index is 0.385. The van der Waals surface area contributed by atoms with Gasteiger partial charge in [-0.3, -0.25) is 4.99 Å². The maximum atomic E-state index is 4.33. The summed E-state index contributed by atoms with van der Waals surface area (Å²) in [5.41, 5.74) is 1.24. The van der Waals surface area contributed by atoms with E-state index in [-0.39, 0.29) is 0 Å². The van der Waals surface area contributed by atoms with E-state index < -0.39 is 0 Å². The lowest BCUT2D eigenvalue weighted by molar-refractivity contribution is 0.648. The summed E-state index contributed by atoms with van der Waals surface area (Å²) in [5.74, 6) is 1.02. The summed E-state index contributed by atoms with van der Waals surface area (Å²) in [6, 6.07) is 10.8. The van der Waals surface area contributed by atoms with Gasteiger partial charge < -0.3 is 10.2 Å². The van der Waals surface area contributed by atoms with E-state index in [0.717, 1.165) is 18.9 Å². The minimum atomic E-state index is 0.385. The molecule has 0 spiro atoms. The SMILES string of the molecule is CCN=C(C)NC(C)CN(C)c1ccccc1. The summed E-state index contributed by atoms with van der Waals surface area (Å²) in [5, 5.41) is 3.39. The monoisotopic (exact) mass is 233 g/mol. The number of aliphatic imine (C=N–C) groups is 1. The maximum absolute atomic E-state index is 4.33. The van der Waals surface area contributed by atoms with E-state index in [2.05, 4.69) is 53.4 Å². The lowest BCUT2D eigenvalue weighted by atomic mass is 10.2. The first-order chi connectivity index (χ1) is 8.13. The van der Waals surface area contributed by atoms with Crippen LogP contribution in [0.25, 0.3) is 0 Å². The molecule has 0 aliphatic rings. The van der Waals surface area contributed by atoms with Gasteiger partial charge in [0.05, 0.1) is 5.84 Å². The molecule has 1 rings (SSSR count). The molecule has 0 saturated heterocycles. The van der Waals surface area contributed by atoms with E-state index >= 15 is 0 Å². The Labute approximate surface area is 105 Å². The van der Waals surface area contributed by atoms with Crippen molar-refractivity contribution >= 4 is 11.5 Å². The van der Waals surface area contributed by atoms with Gasteiger partial charge in [0.25, 0.3) is 0 Å². The fraction of sp³-hybridized carbons (Fsp3) is 0.500. The maximum Gasteiger partial charge on any atom is 0.0934 e. The van der Waals surface area contributed by atoms with Crippen molar-refractivity contribution in [1.82, 2.24) is 5.32 Å². The number of hydrogen-bond acceptors (Lipinski definition) is 2. The molecule has 17 heavy (non-hydrogen) atoms. The summed E-state index contributed by atoms with van der Waals surface area (Å²) in [4.78, 5) is 6.58. The molecule has 1 unspecified atom stereocenters. The van der Waals surface area contributed by atoms with Gasteiger partial charge in [0, 0.05) is 31.9 Å². The Morgan fingerprint density at radius 3 is 2.59 bits per heavy atom. The molecule has 0 heterocycles. The molecule has 1 aromatic carbocycles. The number of likely N-dealkylation sites (N-methyl/N-ethyl adjacent to an activating group) is 1. The average molecular weight is 233 g/mol. The molecule has 3 nitrogen and oxygen atoms in total. The number of rotatable bonds is 5. The van der Waals surface area contributed by atoms with Gasteiger partial charge in [-0.05, 0) is 32.9 Å². The standard InChI is InChI=1S/C14H23N3/c1-5-15-13(3)16-12(2)11-17(4)14-9-7-6-8-10-14/h6-10,12H,5,11H2,1-4H3,(H,15,16). The van der Waals surface area contributed by atoms with Crippen molar-refractivity contribution in [3.05, 3.63) is 30.3 Å². The number of amidine groups is 1. The second kappa shape index (κ2) is 6.94. The van der Waals surface area contributed by atoms with Crippen molar-refractivity contribution in [2.24, 2.45) is 4.99 Å². The van der Waals surface area contributed by atoms with Gasteiger partial charge in [-0.2, -0.15) is 0 Å². The Morgan fingerprint density at radius 2 is 2.00 bits per heavy atom.